The van der Waals surface area contributed by atoms with Crippen LogP contribution in [0, 0.1) is 13.8 Å². The van der Waals surface area contributed by atoms with Gasteiger partial charge in [-0.1, -0.05) is 33.8 Å². The molecule has 0 bridgehead atoms. The lowest BCUT2D eigenvalue weighted by Crippen LogP contribution is -2.15. The number of hydrogen-bond donors (Lipinski definition) is 2. The minimum absolute atomic E-state index is 0.101. The normalized spacial score (nSPS) is 12.6. The first-order valence-corrected chi connectivity index (χ1v) is 11.6. The summed E-state index contributed by atoms with van der Waals surface area (Å²) in [6, 6.07) is 11.4. The van der Waals surface area contributed by atoms with Gasteiger partial charge in [-0.15, -0.1) is 0 Å². The topological polar surface area (TPSA) is 79.8 Å². The van der Waals surface area contributed by atoms with Crippen molar-refractivity contribution in [3.05, 3.63) is 63.8 Å². The number of esters is 1. The third-order valence-corrected chi connectivity index (χ3v) is 5.94. The second-order valence-electron chi connectivity index (χ2n) is 7.03. The monoisotopic (exact) mass is 501 g/mol. The van der Waals surface area contributed by atoms with Crippen LogP contribution >= 0.6 is 27.7 Å². The Morgan fingerprint density at radius 3 is 2.71 bits per heavy atom. The Hall–Kier alpha value is -2.58. The molecule has 0 radical (unpaired) electrons. The molecule has 2 aromatic carbocycles. The molecule has 1 aliphatic rings. The number of ether oxygens (including phenoxy) is 1. The number of fused-ring (bicyclic) bond motifs is 1. The minimum Gasteiger partial charge on any atom is -0.466 e. The zero-order chi connectivity index (χ0) is 22.4. The third-order valence-electron chi connectivity index (χ3n) is 4.54. The Bertz CT molecular complexity index is 1070. The molecular weight excluding hydrogens is 478 g/mol. The van der Waals surface area contributed by atoms with Crippen molar-refractivity contribution in [2.45, 2.75) is 27.2 Å². The van der Waals surface area contributed by atoms with E-state index in [1.807, 2.05) is 50.2 Å². The van der Waals surface area contributed by atoms with E-state index in [1.165, 1.54) is 11.8 Å². The molecule has 0 atom stereocenters. The summed E-state index contributed by atoms with van der Waals surface area (Å²) < 4.78 is 5.99. The van der Waals surface area contributed by atoms with Gasteiger partial charge in [0.05, 0.1) is 35.2 Å². The summed E-state index contributed by atoms with van der Waals surface area (Å²) in [6.07, 6.45) is 1.91. The van der Waals surface area contributed by atoms with Gasteiger partial charge in [0.2, 0.25) is 5.91 Å². The van der Waals surface area contributed by atoms with Crippen LogP contribution in [0.25, 0.3) is 0 Å². The summed E-state index contributed by atoms with van der Waals surface area (Å²) in [7, 11) is 0. The van der Waals surface area contributed by atoms with Crippen molar-refractivity contribution in [3.8, 4) is 0 Å². The molecule has 2 aromatic rings. The minimum atomic E-state index is -0.315. The van der Waals surface area contributed by atoms with Crippen molar-refractivity contribution in [1.82, 2.24) is 0 Å². The first-order chi connectivity index (χ1) is 14.8. The number of rotatable bonds is 6. The molecule has 1 aliphatic heterocycles. The van der Waals surface area contributed by atoms with Gasteiger partial charge in [-0.25, -0.2) is 4.99 Å². The van der Waals surface area contributed by atoms with E-state index >= 15 is 0 Å². The van der Waals surface area contributed by atoms with Crippen molar-refractivity contribution in [1.29, 1.82) is 0 Å². The number of carbonyl (C=O) groups excluding carboxylic acids is 2. The summed E-state index contributed by atoms with van der Waals surface area (Å²) >= 11 is 4.72. The zero-order valence-corrected chi connectivity index (χ0v) is 20.0. The van der Waals surface area contributed by atoms with E-state index in [1.54, 1.807) is 13.0 Å². The summed E-state index contributed by atoms with van der Waals surface area (Å²) in [4.78, 5) is 29.2. The molecule has 0 aliphatic carbocycles. The van der Waals surface area contributed by atoms with Gasteiger partial charge in [0.25, 0.3) is 0 Å². The van der Waals surface area contributed by atoms with Crippen LogP contribution in [0.1, 0.15) is 24.5 Å². The number of aryl methyl sites for hydroxylation is 2. The van der Waals surface area contributed by atoms with Crippen molar-refractivity contribution >= 4 is 61.7 Å². The lowest BCUT2D eigenvalue weighted by molar-refractivity contribution is -0.142. The van der Waals surface area contributed by atoms with Gasteiger partial charge in [-0.2, -0.15) is 0 Å². The van der Waals surface area contributed by atoms with E-state index in [0.717, 1.165) is 32.7 Å². The molecule has 0 spiro atoms. The standard InChI is InChI=1S/C23H24BrN3O3S/c1-4-30-23(29)12-18-11-22(27-20-9-15(3)14(2)8-19(20)25-18)31-13-21(28)26-17-7-5-6-16(24)10-17/h5-11,25H,4,12-13H2,1-3H3,(H,26,28). The molecule has 1 amide bonds. The highest BCUT2D eigenvalue weighted by molar-refractivity contribution is 9.10. The van der Waals surface area contributed by atoms with Crippen molar-refractivity contribution in [2.24, 2.45) is 4.99 Å². The Labute approximate surface area is 194 Å². The number of hydrogen-bond acceptors (Lipinski definition) is 6. The van der Waals surface area contributed by atoms with Crippen LogP contribution in [0.4, 0.5) is 17.1 Å². The van der Waals surface area contributed by atoms with E-state index < -0.39 is 0 Å². The van der Waals surface area contributed by atoms with Gasteiger partial charge in [0.1, 0.15) is 0 Å². The molecule has 0 saturated heterocycles. The van der Waals surface area contributed by atoms with Crippen molar-refractivity contribution in [2.75, 3.05) is 23.0 Å². The second kappa shape index (κ2) is 10.6. The molecule has 0 fully saturated rings. The van der Waals surface area contributed by atoms with Gasteiger partial charge >= 0.3 is 5.97 Å². The molecule has 8 heteroatoms. The quantitative estimate of drug-likeness (QED) is 0.494. The van der Waals surface area contributed by atoms with E-state index in [9.17, 15) is 9.59 Å². The average Bonchev–Trinajstić information content (AvgIpc) is 2.85. The van der Waals surface area contributed by atoms with E-state index in [0.29, 0.717) is 17.3 Å². The van der Waals surface area contributed by atoms with Crippen LogP contribution < -0.4 is 10.6 Å². The van der Waals surface area contributed by atoms with Crippen LogP contribution in [0.15, 0.2) is 57.6 Å². The van der Waals surface area contributed by atoms with E-state index in [2.05, 4.69) is 26.6 Å². The molecule has 2 N–H and O–H groups in total. The number of benzene rings is 2. The number of halogens is 1. The maximum absolute atomic E-state index is 12.4. The fourth-order valence-electron chi connectivity index (χ4n) is 2.94. The molecule has 1 heterocycles. The van der Waals surface area contributed by atoms with Crippen molar-refractivity contribution < 1.29 is 14.3 Å². The maximum Gasteiger partial charge on any atom is 0.311 e. The van der Waals surface area contributed by atoms with Crippen LogP contribution in [0.3, 0.4) is 0 Å². The molecule has 3 rings (SSSR count). The number of amides is 1. The highest BCUT2D eigenvalue weighted by Gasteiger charge is 2.17. The molecule has 162 valence electrons. The largest absolute Gasteiger partial charge is 0.466 e. The predicted molar refractivity (Wildman–Crippen MR) is 131 cm³/mol. The van der Waals surface area contributed by atoms with E-state index in [4.69, 9.17) is 9.73 Å². The van der Waals surface area contributed by atoms with Gasteiger partial charge in [0.15, 0.2) is 0 Å². The summed E-state index contributed by atoms with van der Waals surface area (Å²) in [5.41, 5.74) is 5.25. The fourth-order valence-corrected chi connectivity index (χ4v) is 4.08. The highest BCUT2D eigenvalue weighted by Crippen LogP contribution is 2.34. The molecule has 6 nitrogen and oxygen atoms in total. The first-order valence-electron chi connectivity index (χ1n) is 9.85. The zero-order valence-electron chi connectivity index (χ0n) is 17.6. The predicted octanol–water partition coefficient (Wildman–Crippen LogP) is 5.73. The maximum atomic E-state index is 12.4. The molecular formula is C23H24BrN3O3S. The number of anilines is 2. The van der Waals surface area contributed by atoms with Gasteiger partial charge in [0, 0.05) is 15.9 Å². The Balaban J connectivity index is 1.78. The number of aliphatic imine (C=N–C) groups is 1. The number of carbonyl (C=O) groups is 2. The van der Waals surface area contributed by atoms with Crippen molar-refractivity contribution in [3.63, 3.8) is 0 Å². The Morgan fingerprint density at radius 2 is 1.97 bits per heavy atom. The van der Waals surface area contributed by atoms with E-state index in [-0.39, 0.29) is 24.1 Å². The molecule has 31 heavy (non-hydrogen) atoms. The summed E-state index contributed by atoms with van der Waals surface area (Å²) in [5.74, 6) is -0.261. The molecule has 0 saturated carbocycles. The van der Waals surface area contributed by atoms with Gasteiger partial charge in [-0.3, -0.25) is 9.59 Å². The van der Waals surface area contributed by atoms with Gasteiger partial charge < -0.3 is 15.4 Å². The Morgan fingerprint density at radius 1 is 1.19 bits per heavy atom. The number of nitrogens with one attached hydrogen (secondary N) is 2. The van der Waals surface area contributed by atoms with Crippen LogP contribution in [0.2, 0.25) is 0 Å². The lowest BCUT2D eigenvalue weighted by atomic mass is 10.1. The number of nitrogens with zero attached hydrogens (tertiary/aromatic N) is 1. The molecule has 0 aromatic heterocycles. The average molecular weight is 502 g/mol. The second-order valence-corrected chi connectivity index (χ2v) is 8.94. The lowest BCUT2D eigenvalue weighted by Gasteiger charge is -2.12. The molecule has 0 unspecified atom stereocenters. The SMILES string of the molecule is CCOC(=O)CC1=CC(SCC(=O)Nc2cccc(Br)c2)=Nc2cc(C)c(C)cc2N1. The van der Waals surface area contributed by atoms with Gasteiger partial charge in [-0.05, 0) is 68.3 Å². The number of thioether (sulfide) groups is 1. The summed E-state index contributed by atoms with van der Waals surface area (Å²) in [6.45, 7) is 6.16. The van der Waals surface area contributed by atoms with Crippen LogP contribution in [-0.2, 0) is 14.3 Å². The van der Waals surface area contributed by atoms with Crippen LogP contribution in [-0.4, -0.2) is 29.3 Å². The fraction of sp³-hybridized carbons (Fsp3) is 0.261. The Kier molecular flexibility index (Phi) is 7.92. The smallest absolute Gasteiger partial charge is 0.311 e. The third kappa shape index (κ3) is 6.70. The highest BCUT2D eigenvalue weighted by atomic mass is 79.9. The van der Waals surface area contributed by atoms with Crippen LogP contribution in [0.5, 0.6) is 0 Å². The summed E-state index contributed by atoms with van der Waals surface area (Å²) in [5, 5.41) is 6.84. The first kappa shape index (κ1) is 23.1.